The van der Waals surface area contributed by atoms with Crippen LogP contribution >= 0.6 is 0 Å². The number of pyridine rings is 1. The van der Waals surface area contributed by atoms with Crippen LogP contribution in [0.5, 0.6) is 5.75 Å². The number of hydrogen-bond acceptors (Lipinski definition) is 5. The normalized spacial score (nSPS) is 10.9. The van der Waals surface area contributed by atoms with Crippen molar-refractivity contribution in [3.05, 3.63) is 66.5 Å². The van der Waals surface area contributed by atoms with Crippen LogP contribution in [-0.4, -0.2) is 28.6 Å². The number of fused-ring (bicyclic) bond motifs is 1. The number of aromatic nitrogens is 3. The highest BCUT2D eigenvalue weighted by Crippen LogP contribution is 2.36. The van der Waals surface area contributed by atoms with Crippen LogP contribution in [0, 0.1) is 11.6 Å². The largest absolute Gasteiger partial charge is 0.494 e. The molecule has 0 aliphatic heterocycles. The highest BCUT2D eigenvalue weighted by molar-refractivity contribution is 5.97. The van der Waals surface area contributed by atoms with Gasteiger partial charge in [-0.05, 0) is 54.4 Å². The van der Waals surface area contributed by atoms with E-state index in [0.29, 0.717) is 40.6 Å². The molecule has 7 heteroatoms. The third-order valence-corrected chi connectivity index (χ3v) is 4.50. The number of anilines is 1. The summed E-state index contributed by atoms with van der Waals surface area (Å²) in [4.78, 5) is 13.5. The quantitative estimate of drug-likeness (QED) is 0.513. The maximum Gasteiger partial charge on any atom is 0.163 e. The van der Waals surface area contributed by atoms with E-state index in [4.69, 9.17) is 4.74 Å². The molecule has 0 amide bonds. The second-order valence-electron chi connectivity index (χ2n) is 6.37. The zero-order valence-corrected chi connectivity index (χ0v) is 15.9. The van der Waals surface area contributed by atoms with E-state index in [9.17, 15) is 8.78 Å². The summed E-state index contributed by atoms with van der Waals surface area (Å²) in [6.07, 6.45) is 3.38. The first-order valence-electron chi connectivity index (χ1n) is 9.10. The van der Waals surface area contributed by atoms with Crippen LogP contribution in [0.1, 0.15) is 6.92 Å². The molecule has 5 nitrogen and oxygen atoms in total. The molecule has 4 aromatic rings. The van der Waals surface area contributed by atoms with Crippen molar-refractivity contribution in [3.63, 3.8) is 0 Å². The highest BCUT2D eigenvalue weighted by atomic mass is 19.2. The van der Waals surface area contributed by atoms with E-state index in [2.05, 4.69) is 20.3 Å². The van der Waals surface area contributed by atoms with Gasteiger partial charge in [-0.2, -0.15) is 0 Å². The molecule has 4 rings (SSSR count). The molecule has 0 unspecified atom stereocenters. The molecule has 29 heavy (non-hydrogen) atoms. The molecule has 0 spiro atoms. The van der Waals surface area contributed by atoms with Gasteiger partial charge < -0.3 is 10.1 Å². The lowest BCUT2D eigenvalue weighted by molar-refractivity contribution is 0.419. The summed E-state index contributed by atoms with van der Waals surface area (Å²) in [5.41, 5.74) is 2.59. The Bertz CT molecular complexity index is 1180. The van der Waals surface area contributed by atoms with Crippen molar-refractivity contribution >= 4 is 16.7 Å². The zero-order chi connectivity index (χ0) is 20.4. The van der Waals surface area contributed by atoms with E-state index >= 15 is 0 Å². The molecule has 0 atom stereocenters. The van der Waals surface area contributed by atoms with Crippen LogP contribution in [-0.2, 0) is 0 Å². The van der Waals surface area contributed by atoms with Crippen molar-refractivity contribution in [3.8, 4) is 28.3 Å². The number of halogens is 2. The molecular formula is C22H18F2N4O. The first-order chi connectivity index (χ1) is 14.1. The summed E-state index contributed by atoms with van der Waals surface area (Å²) in [5.74, 6) is -0.149. The fourth-order valence-corrected chi connectivity index (χ4v) is 3.13. The summed E-state index contributed by atoms with van der Waals surface area (Å²) >= 11 is 0. The van der Waals surface area contributed by atoms with Crippen molar-refractivity contribution < 1.29 is 13.5 Å². The third-order valence-electron chi connectivity index (χ3n) is 4.50. The molecule has 0 aliphatic rings. The van der Waals surface area contributed by atoms with E-state index in [0.717, 1.165) is 23.1 Å². The van der Waals surface area contributed by atoms with Crippen molar-refractivity contribution in [2.45, 2.75) is 6.92 Å². The summed E-state index contributed by atoms with van der Waals surface area (Å²) in [6, 6.07) is 11.1. The Hall–Kier alpha value is -3.61. The summed E-state index contributed by atoms with van der Waals surface area (Å²) in [7, 11) is 1.54. The van der Waals surface area contributed by atoms with Crippen LogP contribution in [0.15, 0.2) is 54.9 Å². The van der Waals surface area contributed by atoms with Gasteiger partial charge in [0.25, 0.3) is 0 Å². The molecule has 0 bridgehead atoms. The number of hydrogen-bond donors (Lipinski definition) is 1. The predicted octanol–water partition coefficient (Wildman–Crippen LogP) is 5.08. The van der Waals surface area contributed by atoms with Crippen molar-refractivity contribution in [1.82, 2.24) is 15.0 Å². The van der Waals surface area contributed by atoms with Crippen LogP contribution in [0.4, 0.5) is 14.6 Å². The molecule has 0 radical (unpaired) electrons. The zero-order valence-electron chi connectivity index (χ0n) is 15.9. The average molecular weight is 392 g/mol. The minimum Gasteiger partial charge on any atom is -0.494 e. The predicted molar refractivity (Wildman–Crippen MR) is 109 cm³/mol. The molecular weight excluding hydrogens is 374 g/mol. The van der Waals surface area contributed by atoms with Gasteiger partial charge in [-0.15, -0.1) is 0 Å². The lowest BCUT2D eigenvalue weighted by Gasteiger charge is -2.14. The standard InChI is InChI=1S/C22H18F2N4O/c1-3-26-22-16-9-15(13-6-7-17(23)18(24)10-13)11-19(29-2)20(16)27-21(28-22)14-5-4-8-25-12-14/h4-12H,3H2,1-2H3,(H,26,27,28). The Morgan fingerprint density at radius 2 is 1.83 bits per heavy atom. The molecule has 0 saturated carbocycles. The Balaban J connectivity index is 1.97. The SMILES string of the molecule is CCNc1nc(-c2cccnc2)nc2c(OC)cc(-c3ccc(F)c(F)c3)cc12. The summed E-state index contributed by atoms with van der Waals surface area (Å²) in [5, 5.41) is 3.97. The van der Waals surface area contributed by atoms with Crippen molar-refractivity contribution in [2.75, 3.05) is 19.0 Å². The van der Waals surface area contributed by atoms with Crippen molar-refractivity contribution in [2.24, 2.45) is 0 Å². The topological polar surface area (TPSA) is 59.9 Å². The van der Waals surface area contributed by atoms with Gasteiger partial charge in [-0.25, -0.2) is 18.7 Å². The minimum atomic E-state index is -0.906. The number of benzene rings is 2. The fourth-order valence-electron chi connectivity index (χ4n) is 3.13. The van der Waals surface area contributed by atoms with Crippen LogP contribution in [0.25, 0.3) is 33.4 Å². The minimum absolute atomic E-state index is 0.508. The second-order valence-corrected chi connectivity index (χ2v) is 6.37. The Labute approximate surface area is 166 Å². The average Bonchev–Trinajstić information content (AvgIpc) is 2.75. The van der Waals surface area contributed by atoms with Gasteiger partial charge in [0.05, 0.1) is 7.11 Å². The third kappa shape index (κ3) is 3.59. The summed E-state index contributed by atoms with van der Waals surface area (Å²) < 4.78 is 32.7. The van der Waals surface area contributed by atoms with E-state index in [1.807, 2.05) is 25.1 Å². The van der Waals surface area contributed by atoms with Gasteiger partial charge in [0.1, 0.15) is 17.1 Å². The van der Waals surface area contributed by atoms with E-state index in [-0.39, 0.29) is 0 Å². The Morgan fingerprint density at radius 1 is 0.966 bits per heavy atom. The number of nitrogens with zero attached hydrogens (tertiary/aromatic N) is 3. The van der Waals surface area contributed by atoms with Gasteiger partial charge in [0, 0.05) is 29.9 Å². The van der Waals surface area contributed by atoms with Crippen LogP contribution < -0.4 is 10.1 Å². The van der Waals surface area contributed by atoms with Crippen LogP contribution in [0.2, 0.25) is 0 Å². The molecule has 2 heterocycles. The van der Waals surface area contributed by atoms with Gasteiger partial charge >= 0.3 is 0 Å². The van der Waals surface area contributed by atoms with E-state index in [1.165, 1.54) is 6.07 Å². The maximum absolute atomic E-state index is 13.8. The van der Waals surface area contributed by atoms with Gasteiger partial charge in [0.15, 0.2) is 17.5 Å². The Kier molecular flexibility index (Phi) is 5.03. The molecule has 0 aliphatic carbocycles. The highest BCUT2D eigenvalue weighted by Gasteiger charge is 2.16. The van der Waals surface area contributed by atoms with Crippen LogP contribution in [0.3, 0.4) is 0 Å². The Morgan fingerprint density at radius 3 is 2.52 bits per heavy atom. The summed E-state index contributed by atoms with van der Waals surface area (Å²) in [6.45, 7) is 2.62. The van der Waals surface area contributed by atoms with Gasteiger partial charge in [0.2, 0.25) is 0 Å². The monoisotopic (exact) mass is 392 g/mol. The number of rotatable bonds is 5. The molecule has 146 valence electrons. The fraction of sp³-hybridized carbons (Fsp3) is 0.136. The van der Waals surface area contributed by atoms with Gasteiger partial charge in [-0.1, -0.05) is 6.07 Å². The second kappa shape index (κ2) is 7.79. The number of nitrogens with one attached hydrogen (secondary N) is 1. The number of ether oxygens (including phenoxy) is 1. The smallest absolute Gasteiger partial charge is 0.163 e. The van der Waals surface area contributed by atoms with E-state index < -0.39 is 11.6 Å². The molecule has 1 N–H and O–H groups in total. The lowest BCUT2D eigenvalue weighted by Crippen LogP contribution is -2.04. The van der Waals surface area contributed by atoms with Gasteiger partial charge in [-0.3, -0.25) is 4.98 Å². The van der Waals surface area contributed by atoms with E-state index in [1.54, 1.807) is 25.6 Å². The molecule has 0 fully saturated rings. The maximum atomic E-state index is 13.8. The molecule has 2 aromatic heterocycles. The first-order valence-corrected chi connectivity index (χ1v) is 9.10. The number of methoxy groups -OCH3 is 1. The van der Waals surface area contributed by atoms with Crippen molar-refractivity contribution in [1.29, 1.82) is 0 Å². The molecule has 2 aromatic carbocycles. The molecule has 0 saturated heterocycles. The lowest BCUT2D eigenvalue weighted by atomic mass is 10.0. The first kappa shape index (κ1) is 18.7.